The molecule has 1 saturated heterocycles. The van der Waals surface area contributed by atoms with E-state index in [0.29, 0.717) is 18.5 Å². The van der Waals surface area contributed by atoms with E-state index >= 15 is 0 Å². The summed E-state index contributed by atoms with van der Waals surface area (Å²) in [5, 5.41) is 17.5. The second-order valence-electron chi connectivity index (χ2n) is 10.6. The molecular weight excluding hydrogens is 584 g/mol. The van der Waals surface area contributed by atoms with Crippen LogP contribution in [0, 0.1) is 29.6 Å². The van der Waals surface area contributed by atoms with Crippen molar-refractivity contribution in [1.29, 1.82) is 5.26 Å². The maximum atomic E-state index is 12.2. The first kappa shape index (κ1) is 43.9. The molecule has 9 nitrogen and oxygen atoms in total. The molecule has 3 unspecified atom stereocenters. The smallest absolute Gasteiger partial charge is 0.251 e. The van der Waals surface area contributed by atoms with Crippen LogP contribution in [-0.4, -0.2) is 91.4 Å². The molecule has 1 aromatic carbocycles. The van der Waals surface area contributed by atoms with E-state index in [1.54, 1.807) is 44.6 Å². The third-order valence-electron chi connectivity index (χ3n) is 7.04. The Hall–Kier alpha value is -3.21. The van der Waals surface area contributed by atoms with Gasteiger partial charge in [0.15, 0.2) is 0 Å². The third-order valence-corrected chi connectivity index (χ3v) is 8.05. The number of nitrogens with one attached hydrogen (secondary N) is 3. The second-order valence-corrected chi connectivity index (χ2v) is 11.6. The van der Waals surface area contributed by atoms with Gasteiger partial charge in [0.05, 0.1) is 16.9 Å². The highest BCUT2D eigenvalue weighted by Gasteiger charge is 2.24. The number of rotatable bonds is 14. The first-order chi connectivity index (χ1) is 21.5. The number of carbonyl (C=O) groups is 3. The quantitative estimate of drug-likeness (QED) is 0.177. The molecule has 0 bridgehead atoms. The van der Waals surface area contributed by atoms with Gasteiger partial charge in [0, 0.05) is 45.0 Å². The topological polar surface area (TPSA) is 118 Å². The Labute approximate surface area is 278 Å². The molecule has 0 aromatic heterocycles. The number of thioether (sulfide) groups is 1. The van der Waals surface area contributed by atoms with Crippen molar-refractivity contribution in [2.75, 3.05) is 58.4 Å². The van der Waals surface area contributed by atoms with E-state index in [1.807, 2.05) is 71.2 Å². The number of terminal acetylenes is 1. The van der Waals surface area contributed by atoms with E-state index < -0.39 is 11.5 Å². The van der Waals surface area contributed by atoms with Crippen molar-refractivity contribution in [3.63, 3.8) is 0 Å². The summed E-state index contributed by atoms with van der Waals surface area (Å²) in [6, 6.07) is 9.44. The van der Waals surface area contributed by atoms with E-state index in [0.717, 1.165) is 44.7 Å². The Morgan fingerprint density at radius 1 is 1.09 bits per heavy atom. The third kappa shape index (κ3) is 18.4. The van der Waals surface area contributed by atoms with Gasteiger partial charge in [-0.15, -0.1) is 6.42 Å². The molecule has 3 atom stereocenters. The number of amides is 3. The van der Waals surface area contributed by atoms with Crippen molar-refractivity contribution in [1.82, 2.24) is 20.4 Å². The molecule has 1 aliphatic rings. The molecule has 1 fully saturated rings. The van der Waals surface area contributed by atoms with E-state index in [-0.39, 0.29) is 23.0 Å². The highest BCUT2D eigenvalue weighted by Crippen LogP contribution is 2.16. The maximum Gasteiger partial charge on any atom is 0.251 e. The lowest BCUT2D eigenvalue weighted by molar-refractivity contribution is -0.128. The van der Waals surface area contributed by atoms with Crippen LogP contribution in [0.2, 0.25) is 0 Å². The highest BCUT2D eigenvalue weighted by atomic mass is 32.2. The van der Waals surface area contributed by atoms with Gasteiger partial charge in [-0.05, 0) is 89.6 Å². The van der Waals surface area contributed by atoms with E-state index in [2.05, 4.69) is 26.8 Å². The van der Waals surface area contributed by atoms with Gasteiger partial charge in [0.2, 0.25) is 11.8 Å². The van der Waals surface area contributed by atoms with Gasteiger partial charge in [0.25, 0.3) is 5.91 Å². The summed E-state index contributed by atoms with van der Waals surface area (Å²) in [6.07, 6.45) is 12.2. The van der Waals surface area contributed by atoms with Crippen LogP contribution < -0.4 is 16.0 Å². The molecule has 254 valence electrons. The number of anilines is 1. The van der Waals surface area contributed by atoms with Crippen molar-refractivity contribution in [2.45, 2.75) is 91.4 Å². The van der Waals surface area contributed by atoms with Gasteiger partial charge in [-0.3, -0.25) is 14.4 Å². The molecule has 45 heavy (non-hydrogen) atoms. The fourth-order valence-electron chi connectivity index (χ4n) is 3.99. The number of likely N-dealkylation sites (tertiary alicyclic amines) is 1. The Kier molecular flexibility index (Phi) is 25.4. The maximum absolute atomic E-state index is 12.2. The minimum atomic E-state index is -0.653. The summed E-state index contributed by atoms with van der Waals surface area (Å²) in [7, 11) is 3.60. The van der Waals surface area contributed by atoms with Crippen LogP contribution in [0.15, 0.2) is 24.3 Å². The van der Waals surface area contributed by atoms with Gasteiger partial charge >= 0.3 is 0 Å². The summed E-state index contributed by atoms with van der Waals surface area (Å²) in [5.74, 6) is 1.68. The molecule has 3 N–H and O–H groups in total. The van der Waals surface area contributed by atoms with E-state index in [4.69, 9.17) is 11.7 Å². The van der Waals surface area contributed by atoms with Gasteiger partial charge in [-0.1, -0.05) is 40.5 Å². The van der Waals surface area contributed by atoms with Crippen LogP contribution in [0.5, 0.6) is 0 Å². The van der Waals surface area contributed by atoms with Crippen LogP contribution in [0.25, 0.3) is 0 Å². The van der Waals surface area contributed by atoms with Gasteiger partial charge in [-0.25, -0.2) is 0 Å². The minimum Gasteiger partial charge on any atom is -0.385 e. The summed E-state index contributed by atoms with van der Waals surface area (Å²) >= 11 is 1.61. The summed E-state index contributed by atoms with van der Waals surface area (Å²) in [4.78, 5) is 39.6. The van der Waals surface area contributed by atoms with E-state index in [1.165, 1.54) is 12.8 Å². The van der Waals surface area contributed by atoms with Crippen LogP contribution >= 0.6 is 11.8 Å². The Balaban J connectivity index is 0. The molecule has 0 saturated carbocycles. The number of benzene rings is 1. The van der Waals surface area contributed by atoms with Gasteiger partial charge < -0.3 is 25.8 Å². The Morgan fingerprint density at radius 3 is 2.13 bits per heavy atom. The Bertz CT molecular complexity index is 1040. The average molecular weight is 645 g/mol. The van der Waals surface area contributed by atoms with Crippen molar-refractivity contribution in [3.8, 4) is 18.4 Å². The van der Waals surface area contributed by atoms with Crippen LogP contribution in [0.3, 0.4) is 0 Å². The summed E-state index contributed by atoms with van der Waals surface area (Å²) in [6.45, 7) is 17.9. The first-order valence-corrected chi connectivity index (χ1v) is 17.6. The number of nitrogens with zero attached hydrogens (tertiary/aromatic N) is 3. The number of carbonyl (C=O) groups excluding carboxylic acids is 3. The summed E-state index contributed by atoms with van der Waals surface area (Å²) < 4.78 is 0. The molecular formula is C35H60N6O3S. The molecule has 2 rings (SSSR count). The molecule has 10 heteroatoms. The SMILES string of the molecule is C#CC(C)(CC)NC(=O)C(C)C#N.CC.CC.CSC(CCCNc1ccc(C(=O)NCCN2CCCC2)cc1)C(=O)N(C)C. The molecule has 3 amide bonds. The number of hydrogen-bond donors (Lipinski definition) is 3. The van der Waals surface area contributed by atoms with Crippen LogP contribution in [0.4, 0.5) is 5.69 Å². The zero-order chi connectivity index (χ0) is 34.8. The van der Waals surface area contributed by atoms with Crippen LogP contribution in [-0.2, 0) is 9.59 Å². The predicted molar refractivity (Wildman–Crippen MR) is 191 cm³/mol. The summed E-state index contributed by atoms with van der Waals surface area (Å²) in [5.41, 5.74) is 1.04. The largest absolute Gasteiger partial charge is 0.385 e. The molecule has 0 aliphatic carbocycles. The number of hydrogen-bond acceptors (Lipinski definition) is 7. The Morgan fingerprint density at radius 2 is 1.67 bits per heavy atom. The van der Waals surface area contributed by atoms with Crippen LogP contribution in [0.1, 0.15) is 90.9 Å². The normalized spacial score (nSPS) is 14.4. The minimum absolute atomic E-state index is 0.0171. The zero-order valence-corrected chi connectivity index (χ0v) is 30.4. The average Bonchev–Trinajstić information content (AvgIpc) is 3.60. The first-order valence-electron chi connectivity index (χ1n) is 16.3. The van der Waals surface area contributed by atoms with Gasteiger partial charge in [0.1, 0.15) is 5.92 Å². The fraction of sp³-hybridized carbons (Fsp3) is 0.657. The van der Waals surface area contributed by atoms with Crippen molar-refractivity contribution in [3.05, 3.63) is 29.8 Å². The molecule has 0 radical (unpaired) electrons. The molecule has 1 aromatic rings. The fourth-order valence-corrected chi connectivity index (χ4v) is 4.81. The standard InChI is InChI=1S/C21H34N4O2S.C10H14N2O.2C2H6/c1-24(2)21(27)19(28-3)7-6-12-22-18-10-8-17(9-11-18)20(26)23-13-16-25-14-4-5-15-25;1-5-10(4,6-2)12-9(13)8(3)7-11;2*1-2/h8-11,19,22H,4-7,12-16H2,1-3H3,(H,23,26);1,8H,6H2,2-4H3,(H,12,13);2*1-2H3. The van der Waals surface area contributed by atoms with E-state index in [9.17, 15) is 14.4 Å². The lowest BCUT2D eigenvalue weighted by atomic mass is 9.99. The van der Waals surface area contributed by atoms with Gasteiger partial charge in [-0.2, -0.15) is 17.0 Å². The van der Waals surface area contributed by atoms with Crippen molar-refractivity contribution >= 4 is 35.2 Å². The lowest BCUT2D eigenvalue weighted by Gasteiger charge is -2.23. The van der Waals surface area contributed by atoms with Crippen molar-refractivity contribution < 1.29 is 14.4 Å². The zero-order valence-electron chi connectivity index (χ0n) is 29.6. The predicted octanol–water partition coefficient (Wildman–Crippen LogP) is 5.64. The second kappa shape index (κ2) is 26.1. The monoisotopic (exact) mass is 644 g/mol. The highest BCUT2D eigenvalue weighted by molar-refractivity contribution is 7.99. The van der Waals surface area contributed by atoms with Crippen molar-refractivity contribution in [2.24, 2.45) is 5.92 Å². The molecule has 0 spiro atoms. The molecule has 1 aliphatic heterocycles. The number of nitriles is 1. The lowest BCUT2D eigenvalue weighted by Crippen LogP contribution is -2.46. The molecule has 1 heterocycles.